The normalized spacial score (nSPS) is 20.8. The summed E-state index contributed by atoms with van der Waals surface area (Å²) in [6.45, 7) is 6.47. The van der Waals surface area contributed by atoms with Gasteiger partial charge >= 0.3 is 12.2 Å². The molecule has 3 aliphatic heterocycles. The average molecular weight is 549 g/mol. The van der Waals surface area contributed by atoms with E-state index in [0.29, 0.717) is 51.0 Å². The fourth-order valence-corrected chi connectivity index (χ4v) is 5.39. The maximum absolute atomic E-state index is 12.8. The highest BCUT2D eigenvalue weighted by Gasteiger charge is 2.36. The van der Waals surface area contributed by atoms with Crippen LogP contribution in [0.5, 0.6) is 5.88 Å². The van der Waals surface area contributed by atoms with Crippen molar-refractivity contribution in [3.05, 3.63) is 36.0 Å². The first-order chi connectivity index (χ1) is 18.7. The predicted molar refractivity (Wildman–Crippen MR) is 141 cm³/mol. The van der Waals surface area contributed by atoms with Gasteiger partial charge in [-0.3, -0.25) is 0 Å². The van der Waals surface area contributed by atoms with Crippen LogP contribution >= 0.6 is 0 Å². The molecule has 2 amide bonds. The zero-order valence-electron chi connectivity index (χ0n) is 22.1. The molecule has 3 fully saturated rings. The molecule has 4 heterocycles. The van der Waals surface area contributed by atoms with Crippen LogP contribution in [-0.4, -0.2) is 80.8 Å². The molecule has 1 aromatic heterocycles. The van der Waals surface area contributed by atoms with Crippen LogP contribution < -0.4 is 15.0 Å². The van der Waals surface area contributed by atoms with E-state index in [0.717, 1.165) is 48.3 Å². The molecule has 0 spiro atoms. The molecule has 5 rings (SSSR count). The Bertz CT molecular complexity index is 1150. The predicted octanol–water partition coefficient (Wildman–Crippen LogP) is 5.26. The number of nitrogens with one attached hydrogen (secondary N) is 1. The largest absolute Gasteiger partial charge is 0.473 e. The van der Waals surface area contributed by atoms with Crippen LogP contribution in [0.15, 0.2) is 30.5 Å². The molecule has 39 heavy (non-hydrogen) atoms. The number of carbonyl (C=O) groups is 1. The number of aromatic nitrogens is 1. The third-order valence-electron chi connectivity index (χ3n) is 7.52. The van der Waals surface area contributed by atoms with Crippen LogP contribution in [0.2, 0.25) is 0 Å². The molecule has 2 aromatic rings. The molecule has 3 saturated heterocycles. The van der Waals surface area contributed by atoms with Gasteiger partial charge in [-0.05, 0) is 48.6 Å². The van der Waals surface area contributed by atoms with Gasteiger partial charge in [-0.15, -0.1) is 0 Å². The summed E-state index contributed by atoms with van der Waals surface area (Å²) >= 11 is 0. The minimum Gasteiger partial charge on any atom is -0.473 e. The first-order valence-electron chi connectivity index (χ1n) is 13.6. The number of anilines is 2. The van der Waals surface area contributed by atoms with Crippen molar-refractivity contribution in [2.45, 2.75) is 44.9 Å². The van der Waals surface area contributed by atoms with Gasteiger partial charge in [-0.2, -0.15) is 13.2 Å². The van der Waals surface area contributed by atoms with Crippen molar-refractivity contribution in [1.82, 2.24) is 9.88 Å². The van der Waals surface area contributed by atoms with Gasteiger partial charge in [-0.1, -0.05) is 6.07 Å². The van der Waals surface area contributed by atoms with Crippen LogP contribution in [0.4, 0.5) is 29.3 Å². The smallest absolute Gasteiger partial charge is 0.389 e. The van der Waals surface area contributed by atoms with E-state index < -0.39 is 18.5 Å². The Kier molecular flexibility index (Phi) is 8.46. The van der Waals surface area contributed by atoms with Crippen molar-refractivity contribution in [1.29, 1.82) is 0 Å². The van der Waals surface area contributed by atoms with Gasteiger partial charge < -0.3 is 29.3 Å². The lowest BCUT2D eigenvalue weighted by Crippen LogP contribution is -2.37. The fourth-order valence-electron chi connectivity index (χ4n) is 5.39. The third-order valence-corrected chi connectivity index (χ3v) is 7.52. The van der Waals surface area contributed by atoms with Gasteiger partial charge in [0.05, 0.1) is 26.4 Å². The zero-order chi connectivity index (χ0) is 27.4. The Morgan fingerprint density at radius 2 is 1.82 bits per heavy atom. The second-order valence-electron chi connectivity index (χ2n) is 10.5. The lowest BCUT2D eigenvalue weighted by Gasteiger charge is -2.31. The number of hydrogen-bond acceptors (Lipinski definition) is 6. The summed E-state index contributed by atoms with van der Waals surface area (Å²) in [6.07, 6.45) is -1.25. The minimum atomic E-state index is -4.22. The van der Waals surface area contributed by atoms with E-state index in [2.05, 4.69) is 16.3 Å². The number of amides is 2. The summed E-state index contributed by atoms with van der Waals surface area (Å²) in [5, 5.41) is 2.87. The van der Waals surface area contributed by atoms with Crippen molar-refractivity contribution in [3.63, 3.8) is 0 Å². The summed E-state index contributed by atoms with van der Waals surface area (Å²) in [6, 6.07) is 7.29. The second-order valence-corrected chi connectivity index (χ2v) is 10.5. The molecular formula is C28H35F3N4O4. The Balaban J connectivity index is 1.34. The van der Waals surface area contributed by atoms with Crippen molar-refractivity contribution < 1.29 is 32.2 Å². The molecular weight excluding hydrogens is 513 g/mol. The van der Waals surface area contributed by atoms with Crippen LogP contribution in [0.25, 0.3) is 11.1 Å². The SMILES string of the molecule is Cc1ccc(NC(=O)N2CC[C@H](CC(F)(F)F)C2)cc1-c1cnc(OC2CCOCC2)c(N2CCOCC2)c1. The van der Waals surface area contributed by atoms with Crippen molar-refractivity contribution in [3.8, 4) is 17.0 Å². The van der Waals surface area contributed by atoms with Gasteiger partial charge in [0.25, 0.3) is 0 Å². The number of rotatable bonds is 6. The first kappa shape index (κ1) is 27.5. The zero-order valence-corrected chi connectivity index (χ0v) is 22.1. The minimum absolute atomic E-state index is 0.0542. The lowest BCUT2D eigenvalue weighted by molar-refractivity contribution is -0.143. The number of benzene rings is 1. The highest BCUT2D eigenvalue weighted by atomic mass is 19.4. The Morgan fingerprint density at radius 1 is 1.08 bits per heavy atom. The number of carbonyl (C=O) groups excluding carboxylic acids is 1. The number of halogens is 3. The number of aryl methyl sites for hydroxylation is 1. The molecule has 3 aliphatic rings. The molecule has 1 atom stereocenters. The molecule has 0 aliphatic carbocycles. The van der Waals surface area contributed by atoms with E-state index in [4.69, 9.17) is 19.2 Å². The Labute approximate surface area is 226 Å². The summed E-state index contributed by atoms with van der Waals surface area (Å²) in [7, 11) is 0. The van der Waals surface area contributed by atoms with Crippen LogP contribution in [0, 0.1) is 12.8 Å². The summed E-state index contributed by atoms with van der Waals surface area (Å²) in [4.78, 5) is 21.2. The molecule has 0 unspecified atom stereocenters. The van der Waals surface area contributed by atoms with E-state index in [1.807, 2.05) is 19.1 Å². The summed E-state index contributed by atoms with van der Waals surface area (Å²) < 4.78 is 55.6. The van der Waals surface area contributed by atoms with Crippen molar-refractivity contribution >= 4 is 17.4 Å². The molecule has 1 N–H and O–H groups in total. The number of alkyl halides is 3. The van der Waals surface area contributed by atoms with Crippen LogP contribution in [-0.2, 0) is 9.47 Å². The monoisotopic (exact) mass is 548 g/mol. The molecule has 212 valence electrons. The Morgan fingerprint density at radius 3 is 2.56 bits per heavy atom. The van der Waals surface area contributed by atoms with E-state index in [1.165, 1.54) is 4.90 Å². The number of likely N-dealkylation sites (tertiary alicyclic amines) is 1. The lowest BCUT2D eigenvalue weighted by atomic mass is 10.0. The third kappa shape index (κ3) is 7.13. The number of ether oxygens (including phenoxy) is 3. The van der Waals surface area contributed by atoms with Gasteiger partial charge in [0.15, 0.2) is 0 Å². The molecule has 1 aromatic carbocycles. The number of nitrogens with zero attached hydrogens (tertiary/aromatic N) is 3. The Hall–Kier alpha value is -3.05. The van der Waals surface area contributed by atoms with E-state index >= 15 is 0 Å². The number of pyridine rings is 1. The highest BCUT2D eigenvalue weighted by Crippen LogP contribution is 2.36. The van der Waals surface area contributed by atoms with Crippen LogP contribution in [0.3, 0.4) is 0 Å². The van der Waals surface area contributed by atoms with Gasteiger partial charge in [0, 0.05) is 62.9 Å². The number of hydrogen-bond donors (Lipinski definition) is 1. The summed E-state index contributed by atoms with van der Waals surface area (Å²) in [5.41, 5.74) is 4.28. The van der Waals surface area contributed by atoms with Crippen LogP contribution in [0.1, 0.15) is 31.2 Å². The first-order valence-corrected chi connectivity index (χ1v) is 13.6. The maximum atomic E-state index is 12.8. The molecule has 11 heteroatoms. The van der Waals surface area contributed by atoms with Crippen molar-refractivity contribution in [2.24, 2.45) is 5.92 Å². The second kappa shape index (κ2) is 12.0. The average Bonchev–Trinajstić information content (AvgIpc) is 3.38. The summed E-state index contributed by atoms with van der Waals surface area (Å²) in [5.74, 6) is 0.0352. The van der Waals surface area contributed by atoms with Gasteiger partial charge in [0.1, 0.15) is 11.8 Å². The molecule has 0 bridgehead atoms. The molecule has 0 saturated carbocycles. The van der Waals surface area contributed by atoms with E-state index in [1.54, 1.807) is 12.3 Å². The number of urea groups is 1. The van der Waals surface area contributed by atoms with E-state index in [9.17, 15) is 18.0 Å². The van der Waals surface area contributed by atoms with E-state index in [-0.39, 0.29) is 18.7 Å². The maximum Gasteiger partial charge on any atom is 0.389 e. The molecule has 0 radical (unpaired) electrons. The number of morpholine rings is 1. The topological polar surface area (TPSA) is 76.2 Å². The quantitative estimate of drug-likeness (QED) is 0.531. The fraction of sp³-hybridized carbons (Fsp3) is 0.571. The van der Waals surface area contributed by atoms with Crippen molar-refractivity contribution in [2.75, 3.05) is 62.8 Å². The van der Waals surface area contributed by atoms with Gasteiger partial charge in [0.2, 0.25) is 5.88 Å². The standard InChI is InChI=1S/C28H35F3N4O4/c1-19-2-3-22(33-27(36)35-7-4-20(18-35)16-28(29,30)31)15-24(19)21-14-25(34-8-12-38-13-9-34)26(32-17-21)39-23-5-10-37-11-6-23/h2-3,14-15,17,20,23H,4-13,16,18H2,1H3,(H,33,36)/t20-/m1/s1. The van der Waals surface area contributed by atoms with Gasteiger partial charge in [-0.25, -0.2) is 9.78 Å². The molecule has 8 nitrogen and oxygen atoms in total. The highest BCUT2D eigenvalue weighted by molar-refractivity contribution is 5.90.